The molecule has 0 bridgehead atoms. The average molecular weight is 229 g/mol. The Morgan fingerprint density at radius 1 is 1.56 bits per heavy atom. The summed E-state index contributed by atoms with van der Waals surface area (Å²) in [4.78, 5) is 11.1. The van der Waals surface area contributed by atoms with Gasteiger partial charge in [-0.05, 0) is 31.7 Å². The van der Waals surface area contributed by atoms with Gasteiger partial charge in [0.25, 0.3) is 0 Å². The molecule has 1 aliphatic heterocycles. The first-order valence-electron chi connectivity index (χ1n) is 6.28. The first-order valence-corrected chi connectivity index (χ1v) is 6.28. The van der Waals surface area contributed by atoms with Crippen molar-refractivity contribution < 1.29 is 15.0 Å². The van der Waals surface area contributed by atoms with Gasteiger partial charge in [-0.1, -0.05) is 19.8 Å². The fourth-order valence-electron chi connectivity index (χ4n) is 2.36. The van der Waals surface area contributed by atoms with E-state index in [0.717, 1.165) is 38.8 Å². The van der Waals surface area contributed by atoms with Gasteiger partial charge in [0, 0.05) is 6.54 Å². The van der Waals surface area contributed by atoms with E-state index in [2.05, 4.69) is 5.32 Å². The maximum absolute atomic E-state index is 11.1. The summed E-state index contributed by atoms with van der Waals surface area (Å²) in [6, 6.07) is 0. The van der Waals surface area contributed by atoms with Crippen molar-refractivity contribution in [3.63, 3.8) is 0 Å². The molecular formula is C12H23NO3. The zero-order valence-electron chi connectivity index (χ0n) is 9.98. The average Bonchev–Trinajstić information content (AvgIpc) is 2.30. The monoisotopic (exact) mass is 229 g/mol. The summed E-state index contributed by atoms with van der Waals surface area (Å²) in [6.45, 7) is 3.76. The van der Waals surface area contributed by atoms with Crippen LogP contribution in [0.4, 0.5) is 0 Å². The number of piperidine rings is 1. The molecule has 3 unspecified atom stereocenters. The Balaban J connectivity index is 2.50. The first kappa shape index (κ1) is 13.5. The Morgan fingerprint density at radius 3 is 2.81 bits per heavy atom. The summed E-state index contributed by atoms with van der Waals surface area (Å²) in [7, 11) is 0. The molecule has 94 valence electrons. The summed E-state index contributed by atoms with van der Waals surface area (Å²) in [5.74, 6) is -1.34. The molecule has 3 N–H and O–H groups in total. The van der Waals surface area contributed by atoms with Crippen LogP contribution in [-0.2, 0) is 4.79 Å². The summed E-state index contributed by atoms with van der Waals surface area (Å²) in [5, 5.41) is 22.4. The Morgan fingerprint density at radius 2 is 2.31 bits per heavy atom. The van der Waals surface area contributed by atoms with Gasteiger partial charge in [-0.2, -0.15) is 0 Å². The smallest absolute Gasteiger partial charge is 0.309 e. The van der Waals surface area contributed by atoms with E-state index in [1.165, 1.54) is 0 Å². The molecule has 1 aliphatic rings. The van der Waals surface area contributed by atoms with Crippen LogP contribution in [0.5, 0.6) is 0 Å². The minimum Gasteiger partial charge on any atom is -0.481 e. The van der Waals surface area contributed by atoms with Crippen LogP contribution in [-0.4, -0.2) is 35.4 Å². The minimum atomic E-state index is -0.855. The van der Waals surface area contributed by atoms with Gasteiger partial charge in [-0.3, -0.25) is 4.79 Å². The number of nitrogens with one attached hydrogen (secondary N) is 1. The van der Waals surface area contributed by atoms with Crippen molar-refractivity contribution >= 4 is 5.97 Å². The van der Waals surface area contributed by atoms with Gasteiger partial charge in [0.2, 0.25) is 0 Å². The quantitative estimate of drug-likeness (QED) is 0.641. The SMILES string of the molecule is CCCCC(C(=O)O)C(O)C1CCCNC1. The second kappa shape index (κ2) is 6.86. The van der Waals surface area contributed by atoms with E-state index in [9.17, 15) is 9.90 Å². The fraction of sp³-hybridized carbons (Fsp3) is 0.917. The lowest BCUT2D eigenvalue weighted by Gasteiger charge is -2.30. The lowest BCUT2D eigenvalue weighted by atomic mass is 9.83. The van der Waals surface area contributed by atoms with Gasteiger partial charge < -0.3 is 15.5 Å². The lowest BCUT2D eigenvalue weighted by Crippen LogP contribution is -2.42. The molecule has 0 aromatic rings. The second-order valence-electron chi connectivity index (χ2n) is 4.68. The van der Waals surface area contributed by atoms with Crippen LogP contribution in [0, 0.1) is 11.8 Å². The maximum Gasteiger partial charge on any atom is 0.309 e. The Bertz CT molecular complexity index is 214. The molecule has 4 heteroatoms. The number of hydrogen-bond acceptors (Lipinski definition) is 3. The lowest BCUT2D eigenvalue weighted by molar-refractivity contribution is -0.147. The van der Waals surface area contributed by atoms with Crippen molar-refractivity contribution in [3.8, 4) is 0 Å². The van der Waals surface area contributed by atoms with Crippen molar-refractivity contribution in [3.05, 3.63) is 0 Å². The van der Waals surface area contributed by atoms with Crippen molar-refractivity contribution in [2.75, 3.05) is 13.1 Å². The highest BCUT2D eigenvalue weighted by Crippen LogP contribution is 2.24. The van der Waals surface area contributed by atoms with E-state index in [-0.39, 0.29) is 5.92 Å². The third-order valence-electron chi connectivity index (χ3n) is 3.42. The molecule has 16 heavy (non-hydrogen) atoms. The number of aliphatic hydroxyl groups is 1. The molecule has 0 aliphatic carbocycles. The first-order chi connectivity index (χ1) is 7.66. The predicted octanol–water partition coefficient (Wildman–Crippen LogP) is 1.24. The Labute approximate surface area is 97.0 Å². The Hall–Kier alpha value is -0.610. The van der Waals surface area contributed by atoms with E-state index in [1.807, 2.05) is 6.92 Å². The van der Waals surface area contributed by atoms with E-state index < -0.39 is 18.0 Å². The number of carboxylic acids is 1. The second-order valence-corrected chi connectivity index (χ2v) is 4.68. The summed E-state index contributed by atoms with van der Waals surface area (Å²) < 4.78 is 0. The molecule has 1 saturated heterocycles. The minimum absolute atomic E-state index is 0.103. The molecule has 0 aromatic carbocycles. The normalized spacial score (nSPS) is 25.0. The van der Waals surface area contributed by atoms with Gasteiger partial charge in [0.05, 0.1) is 12.0 Å². The number of rotatable bonds is 6. The van der Waals surface area contributed by atoms with Crippen LogP contribution >= 0.6 is 0 Å². The van der Waals surface area contributed by atoms with Crippen molar-refractivity contribution in [2.45, 2.75) is 45.1 Å². The highest BCUT2D eigenvalue weighted by molar-refractivity contribution is 5.70. The largest absolute Gasteiger partial charge is 0.481 e. The maximum atomic E-state index is 11.1. The van der Waals surface area contributed by atoms with Crippen LogP contribution in [0.2, 0.25) is 0 Å². The van der Waals surface area contributed by atoms with Gasteiger partial charge in [-0.15, -0.1) is 0 Å². The molecule has 0 spiro atoms. The van der Waals surface area contributed by atoms with Crippen molar-refractivity contribution in [1.82, 2.24) is 5.32 Å². The topological polar surface area (TPSA) is 69.6 Å². The third kappa shape index (κ3) is 3.76. The highest BCUT2D eigenvalue weighted by atomic mass is 16.4. The molecule has 0 amide bonds. The number of carbonyl (C=O) groups is 1. The molecule has 0 aromatic heterocycles. The van der Waals surface area contributed by atoms with Crippen LogP contribution < -0.4 is 5.32 Å². The van der Waals surface area contributed by atoms with Crippen LogP contribution in [0.25, 0.3) is 0 Å². The highest BCUT2D eigenvalue weighted by Gasteiger charge is 2.32. The zero-order valence-corrected chi connectivity index (χ0v) is 9.98. The Kier molecular flexibility index (Phi) is 5.77. The van der Waals surface area contributed by atoms with Crippen LogP contribution in [0.3, 0.4) is 0 Å². The van der Waals surface area contributed by atoms with E-state index in [1.54, 1.807) is 0 Å². The third-order valence-corrected chi connectivity index (χ3v) is 3.42. The summed E-state index contributed by atoms with van der Waals surface area (Å²) >= 11 is 0. The number of carboxylic acid groups (broad SMARTS) is 1. The summed E-state index contributed by atoms with van der Waals surface area (Å²) in [5.41, 5.74) is 0. The molecule has 1 heterocycles. The van der Waals surface area contributed by atoms with Crippen molar-refractivity contribution in [1.29, 1.82) is 0 Å². The van der Waals surface area contributed by atoms with Gasteiger partial charge >= 0.3 is 5.97 Å². The van der Waals surface area contributed by atoms with E-state index in [0.29, 0.717) is 6.42 Å². The fourth-order valence-corrected chi connectivity index (χ4v) is 2.36. The molecule has 1 rings (SSSR count). The van der Waals surface area contributed by atoms with E-state index >= 15 is 0 Å². The standard InChI is InChI=1S/C12H23NO3/c1-2-3-6-10(12(15)16)11(14)9-5-4-7-13-8-9/h9-11,13-14H,2-8H2,1H3,(H,15,16). The number of aliphatic carboxylic acids is 1. The number of unbranched alkanes of at least 4 members (excludes halogenated alkanes) is 1. The molecule has 0 radical (unpaired) electrons. The molecule has 0 saturated carbocycles. The number of aliphatic hydroxyl groups excluding tert-OH is 1. The van der Waals surface area contributed by atoms with E-state index in [4.69, 9.17) is 5.11 Å². The van der Waals surface area contributed by atoms with Gasteiger partial charge in [0.1, 0.15) is 0 Å². The molecule has 3 atom stereocenters. The van der Waals surface area contributed by atoms with Crippen molar-refractivity contribution in [2.24, 2.45) is 11.8 Å². The zero-order chi connectivity index (χ0) is 12.0. The molecule has 1 fully saturated rings. The predicted molar refractivity (Wildman–Crippen MR) is 62.3 cm³/mol. The van der Waals surface area contributed by atoms with Crippen LogP contribution in [0.15, 0.2) is 0 Å². The molecular weight excluding hydrogens is 206 g/mol. The number of hydrogen-bond donors (Lipinski definition) is 3. The summed E-state index contributed by atoms with van der Waals surface area (Å²) in [6.07, 6.45) is 3.69. The molecule has 4 nitrogen and oxygen atoms in total. The van der Waals surface area contributed by atoms with Gasteiger partial charge in [-0.25, -0.2) is 0 Å². The van der Waals surface area contributed by atoms with Crippen LogP contribution in [0.1, 0.15) is 39.0 Å². The van der Waals surface area contributed by atoms with Gasteiger partial charge in [0.15, 0.2) is 0 Å².